The molecule has 0 atom stereocenters. The molecule has 21 heavy (non-hydrogen) atoms. The van der Waals surface area contributed by atoms with E-state index in [-0.39, 0.29) is 12.2 Å². The molecule has 0 aliphatic carbocycles. The van der Waals surface area contributed by atoms with Crippen LogP contribution in [0, 0.1) is 5.82 Å². The Kier molecular flexibility index (Phi) is 4.44. The van der Waals surface area contributed by atoms with Crippen molar-refractivity contribution < 1.29 is 17.5 Å². The van der Waals surface area contributed by atoms with Crippen LogP contribution in [0.15, 0.2) is 47.4 Å². The first-order chi connectivity index (χ1) is 9.94. The average Bonchev–Trinajstić information content (AvgIpc) is 2.48. The number of halogens is 1. The lowest BCUT2D eigenvalue weighted by atomic mass is 10.2. The number of methoxy groups -OCH3 is 1. The zero-order chi connectivity index (χ0) is 15.5. The van der Waals surface area contributed by atoms with E-state index >= 15 is 0 Å². The monoisotopic (exact) mass is 310 g/mol. The molecular weight excluding hydrogens is 295 g/mol. The van der Waals surface area contributed by atoms with Crippen LogP contribution < -0.4 is 15.2 Å². The summed E-state index contributed by atoms with van der Waals surface area (Å²) < 4.78 is 45.4. The molecule has 0 amide bonds. The third kappa shape index (κ3) is 3.50. The highest BCUT2D eigenvalue weighted by Crippen LogP contribution is 2.20. The van der Waals surface area contributed by atoms with Crippen LogP contribution in [0.3, 0.4) is 0 Å². The maximum Gasteiger partial charge on any atom is 0.243 e. The van der Waals surface area contributed by atoms with E-state index in [1.54, 1.807) is 24.3 Å². The molecule has 2 rings (SSSR count). The van der Waals surface area contributed by atoms with Gasteiger partial charge in [-0.05, 0) is 24.3 Å². The second-order valence-electron chi connectivity index (χ2n) is 4.33. The molecule has 0 spiro atoms. The van der Waals surface area contributed by atoms with Crippen LogP contribution in [0.1, 0.15) is 5.56 Å². The molecule has 112 valence electrons. The maximum absolute atomic E-state index is 13.6. The molecular formula is C14H15FN2O3S. The van der Waals surface area contributed by atoms with Crippen LogP contribution in [0.5, 0.6) is 5.75 Å². The number of nitrogens with one attached hydrogen (secondary N) is 1. The summed E-state index contributed by atoms with van der Waals surface area (Å²) in [5, 5.41) is 0. The van der Waals surface area contributed by atoms with Crippen molar-refractivity contribution in [3.63, 3.8) is 0 Å². The van der Waals surface area contributed by atoms with Gasteiger partial charge in [-0.25, -0.2) is 17.5 Å². The summed E-state index contributed by atoms with van der Waals surface area (Å²) in [6, 6.07) is 10.4. The fourth-order valence-electron chi connectivity index (χ4n) is 1.83. The number of hydrogen-bond acceptors (Lipinski definition) is 4. The number of benzene rings is 2. The Balaban J connectivity index is 2.24. The van der Waals surface area contributed by atoms with Gasteiger partial charge in [0.2, 0.25) is 10.0 Å². The Morgan fingerprint density at radius 1 is 1.24 bits per heavy atom. The molecule has 2 aromatic rings. The standard InChI is InChI=1S/C14H15FN2O3S/c1-20-13-5-3-2-4-10(13)9-17-21(18,19)14-8-11(16)6-7-12(14)15/h2-8,17H,9,16H2,1H3. The van der Waals surface area contributed by atoms with Crippen molar-refractivity contribution in [3.05, 3.63) is 53.8 Å². The second-order valence-corrected chi connectivity index (χ2v) is 6.06. The van der Waals surface area contributed by atoms with Crippen molar-refractivity contribution in [2.45, 2.75) is 11.4 Å². The number of nitrogen functional groups attached to an aromatic ring is 1. The summed E-state index contributed by atoms with van der Waals surface area (Å²) in [6.45, 7) is -0.0133. The van der Waals surface area contributed by atoms with Gasteiger partial charge in [0.15, 0.2) is 0 Å². The van der Waals surface area contributed by atoms with Crippen LogP contribution in [-0.2, 0) is 16.6 Å². The molecule has 0 aromatic heterocycles. The second kappa shape index (κ2) is 6.11. The number of nitrogens with two attached hydrogens (primary N) is 1. The molecule has 2 aromatic carbocycles. The summed E-state index contributed by atoms with van der Waals surface area (Å²) in [5.74, 6) is -0.301. The van der Waals surface area contributed by atoms with Crippen molar-refractivity contribution in [1.29, 1.82) is 0 Å². The van der Waals surface area contributed by atoms with Crippen LogP contribution in [-0.4, -0.2) is 15.5 Å². The van der Waals surface area contributed by atoms with Crippen LogP contribution in [0.4, 0.5) is 10.1 Å². The van der Waals surface area contributed by atoms with Gasteiger partial charge in [-0.3, -0.25) is 0 Å². The van der Waals surface area contributed by atoms with Gasteiger partial charge in [-0.15, -0.1) is 0 Å². The third-order valence-corrected chi connectivity index (χ3v) is 4.31. The molecule has 0 unspecified atom stereocenters. The van der Waals surface area contributed by atoms with E-state index in [1.807, 2.05) is 0 Å². The van der Waals surface area contributed by atoms with Gasteiger partial charge in [0.1, 0.15) is 16.5 Å². The van der Waals surface area contributed by atoms with Gasteiger partial charge in [-0.2, -0.15) is 0 Å². The first-order valence-corrected chi connectivity index (χ1v) is 7.59. The zero-order valence-electron chi connectivity index (χ0n) is 11.3. The van der Waals surface area contributed by atoms with Gasteiger partial charge < -0.3 is 10.5 Å². The smallest absolute Gasteiger partial charge is 0.243 e. The Bertz CT molecular complexity index is 748. The van der Waals surface area contributed by atoms with Crippen molar-refractivity contribution in [2.75, 3.05) is 12.8 Å². The highest BCUT2D eigenvalue weighted by Gasteiger charge is 2.19. The van der Waals surface area contributed by atoms with Crippen molar-refractivity contribution in [3.8, 4) is 5.75 Å². The lowest BCUT2D eigenvalue weighted by molar-refractivity contribution is 0.409. The van der Waals surface area contributed by atoms with Gasteiger partial charge in [0.25, 0.3) is 0 Å². The summed E-state index contributed by atoms with van der Waals surface area (Å²) in [5.41, 5.74) is 6.32. The number of ether oxygens (including phenoxy) is 1. The molecule has 0 bridgehead atoms. The lowest BCUT2D eigenvalue weighted by Gasteiger charge is -2.11. The van der Waals surface area contributed by atoms with E-state index in [2.05, 4.69) is 4.72 Å². The highest BCUT2D eigenvalue weighted by atomic mass is 32.2. The number of anilines is 1. The van der Waals surface area contributed by atoms with E-state index in [0.29, 0.717) is 11.3 Å². The van der Waals surface area contributed by atoms with Gasteiger partial charge in [-0.1, -0.05) is 18.2 Å². The Morgan fingerprint density at radius 3 is 2.67 bits per heavy atom. The number of sulfonamides is 1. The largest absolute Gasteiger partial charge is 0.496 e. The normalized spacial score (nSPS) is 11.3. The minimum absolute atomic E-state index is 0.0133. The fourth-order valence-corrected chi connectivity index (χ4v) is 2.94. The minimum Gasteiger partial charge on any atom is -0.496 e. The number of rotatable bonds is 5. The first kappa shape index (κ1) is 15.3. The number of hydrogen-bond donors (Lipinski definition) is 2. The zero-order valence-corrected chi connectivity index (χ0v) is 12.2. The SMILES string of the molecule is COc1ccccc1CNS(=O)(=O)c1cc(N)ccc1F. The van der Waals surface area contributed by atoms with E-state index in [4.69, 9.17) is 10.5 Å². The molecule has 0 saturated heterocycles. The molecule has 0 saturated carbocycles. The van der Waals surface area contributed by atoms with Gasteiger partial charge in [0, 0.05) is 17.8 Å². The van der Waals surface area contributed by atoms with Crippen molar-refractivity contribution in [2.24, 2.45) is 0 Å². The summed E-state index contributed by atoms with van der Waals surface area (Å²) in [4.78, 5) is -0.475. The quantitative estimate of drug-likeness (QED) is 0.826. The predicted molar refractivity (Wildman–Crippen MR) is 77.8 cm³/mol. The van der Waals surface area contributed by atoms with Gasteiger partial charge >= 0.3 is 0 Å². The van der Waals surface area contributed by atoms with Crippen LogP contribution >= 0.6 is 0 Å². The Hall–Kier alpha value is -2.12. The minimum atomic E-state index is -4.00. The average molecular weight is 310 g/mol. The Morgan fingerprint density at radius 2 is 1.95 bits per heavy atom. The predicted octanol–water partition coefficient (Wildman–Crippen LogP) is 1.90. The molecule has 0 fully saturated rings. The van der Waals surface area contributed by atoms with Crippen LogP contribution in [0.25, 0.3) is 0 Å². The van der Waals surface area contributed by atoms with E-state index in [9.17, 15) is 12.8 Å². The van der Waals surface area contributed by atoms with Crippen molar-refractivity contribution >= 4 is 15.7 Å². The topological polar surface area (TPSA) is 81.4 Å². The van der Waals surface area contributed by atoms with Crippen molar-refractivity contribution in [1.82, 2.24) is 4.72 Å². The van der Waals surface area contributed by atoms with E-state index in [1.165, 1.54) is 13.2 Å². The Labute approximate surface area is 122 Å². The van der Waals surface area contributed by atoms with E-state index < -0.39 is 20.7 Å². The van der Waals surface area contributed by atoms with E-state index in [0.717, 1.165) is 12.1 Å². The van der Waals surface area contributed by atoms with Gasteiger partial charge in [0.05, 0.1) is 7.11 Å². The highest BCUT2D eigenvalue weighted by molar-refractivity contribution is 7.89. The fraction of sp³-hybridized carbons (Fsp3) is 0.143. The molecule has 0 heterocycles. The molecule has 3 N–H and O–H groups in total. The molecule has 0 radical (unpaired) electrons. The molecule has 7 heteroatoms. The maximum atomic E-state index is 13.6. The molecule has 0 aliphatic heterocycles. The summed E-state index contributed by atoms with van der Waals surface area (Å²) in [7, 11) is -2.51. The summed E-state index contributed by atoms with van der Waals surface area (Å²) >= 11 is 0. The summed E-state index contributed by atoms with van der Waals surface area (Å²) in [6.07, 6.45) is 0. The first-order valence-electron chi connectivity index (χ1n) is 6.10. The number of para-hydroxylation sites is 1. The third-order valence-electron chi connectivity index (χ3n) is 2.89. The molecule has 5 nitrogen and oxygen atoms in total. The molecule has 0 aliphatic rings. The van der Waals surface area contributed by atoms with Crippen LogP contribution in [0.2, 0.25) is 0 Å². The lowest BCUT2D eigenvalue weighted by Crippen LogP contribution is -2.24.